The van der Waals surface area contributed by atoms with Gasteiger partial charge in [0.05, 0.1) is 0 Å². The Labute approximate surface area is 141 Å². The predicted molar refractivity (Wildman–Crippen MR) is 95.1 cm³/mol. The molecule has 1 heterocycles. The van der Waals surface area contributed by atoms with E-state index in [1.165, 1.54) is 28.9 Å². The number of nitrogens with one attached hydrogen (secondary N) is 1. The minimum atomic E-state index is -0.354. The lowest BCUT2D eigenvalue weighted by atomic mass is 10.1. The number of nitrogens with zero attached hydrogens (tertiary/aromatic N) is 2. The summed E-state index contributed by atoms with van der Waals surface area (Å²) in [6, 6.07) is 12.3. The van der Waals surface area contributed by atoms with Crippen molar-refractivity contribution < 1.29 is 9.18 Å². The van der Waals surface area contributed by atoms with Crippen molar-refractivity contribution in [2.75, 3.05) is 36.4 Å². The van der Waals surface area contributed by atoms with Gasteiger partial charge in [-0.15, -0.1) is 0 Å². The van der Waals surface area contributed by atoms with Crippen LogP contribution < -0.4 is 10.2 Å². The van der Waals surface area contributed by atoms with E-state index in [9.17, 15) is 9.18 Å². The molecule has 2 amide bonds. The average Bonchev–Trinajstić information content (AvgIpc) is 2.54. The van der Waals surface area contributed by atoms with Crippen molar-refractivity contribution in [1.82, 2.24) is 4.90 Å². The van der Waals surface area contributed by atoms with E-state index in [2.05, 4.69) is 42.3 Å². The van der Waals surface area contributed by atoms with Crippen LogP contribution in [0.1, 0.15) is 11.1 Å². The Morgan fingerprint density at radius 1 is 1.00 bits per heavy atom. The summed E-state index contributed by atoms with van der Waals surface area (Å²) in [5.74, 6) is -0.354. The Hall–Kier alpha value is -2.56. The molecular formula is C19H22FN3O. The maximum Gasteiger partial charge on any atom is 0.321 e. The van der Waals surface area contributed by atoms with Crippen molar-refractivity contribution in [3.05, 3.63) is 59.4 Å². The number of piperazine rings is 1. The van der Waals surface area contributed by atoms with Gasteiger partial charge in [-0.05, 0) is 55.3 Å². The van der Waals surface area contributed by atoms with Crippen LogP contribution in [0.2, 0.25) is 0 Å². The van der Waals surface area contributed by atoms with Gasteiger partial charge in [-0.3, -0.25) is 0 Å². The number of hydrogen-bond donors (Lipinski definition) is 1. The van der Waals surface area contributed by atoms with Crippen molar-refractivity contribution in [3.63, 3.8) is 0 Å². The highest BCUT2D eigenvalue weighted by Gasteiger charge is 2.21. The summed E-state index contributed by atoms with van der Waals surface area (Å²) in [6.07, 6.45) is 0. The molecule has 0 aromatic heterocycles. The van der Waals surface area contributed by atoms with Crippen molar-refractivity contribution >= 4 is 17.4 Å². The highest BCUT2D eigenvalue weighted by Crippen LogP contribution is 2.20. The second kappa shape index (κ2) is 6.91. The number of amides is 2. The lowest BCUT2D eigenvalue weighted by Gasteiger charge is -2.36. The van der Waals surface area contributed by atoms with Gasteiger partial charge in [-0.25, -0.2) is 9.18 Å². The third-order valence-electron chi connectivity index (χ3n) is 4.21. The van der Waals surface area contributed by atoms with Crippen LogP contribution in [-0.2, 0) is 0 Å². The molecule has 5 heteroatoms. The monoisotopic (exact) mass is 327 g/mol. The first-order chi connectivity index (χ1) is 11.5. The number of aryl methyl sites for hydroxylation is 2. The van der Waals surface area contributed by atoms with Crippen molar-refractivity contribution in [3.8, 4) is 0 Å². The number of rotatable bonds is 2. The van der Waals surface area contributed by atoms with Crippen LogP contribution in [0.15, 0.2) is 42.5 Å². The first kappa shape index (κ1) is 16.3. The molecule has 0 saturated carbocycles. The number of carbonyl (C=O) groups excluding carboxylic acids is 1. The van der Waals surface area contributed by atoms with E-state index < -0.39 is 0 Å². The first-order valence-electron chi connectivity index (χ1n) is 8.16. The zero-order chi connectivity index (χ0) is 17.1. The van der Waals surface area contributed by atoms with Gasteiger partial charge < -0.3 is 15.1 Å². The van der Waals surface area contributed by atoms with E-state index in [1.807, 2.05) is 0 Å². The Morgan fingerprint density at radius 2 is 1.67 bits per heavy atom. The van der Waals surface area contributed by atoms with Gasteiger partial charge in [0.2, 0.25) is 0 Å². The fourth-order valence-corrected chi connectivity index (χ4v) is 3.07. The van der Waals surface area contributed by atoms with E-state index in [0.717, 1.165) is 13.1 Å². The van der Waals surface area contributed by atoms with E-state index in [0.29, 0.717) is 18.8 Å². The molecule has 0 atom stereocenters. The van der Waals surface area contributed by atoms with E-state index in [1.54, 1.807) is 17.0 Å². The Morgan fingerprint density at radius 3 is 2.29 bits per heavy atom. The van der Waals surface area contributed by atoms with Crippen LogP contribution in [0, 0.1) is 19.7 Å². The highest BCUT2D eigenvalue weighted by atomic mass is 19.1. The van der Waals surface area contributed by atoms with Gasteiger partial charge >= 0.3 is 6.03 Å². The molecule has 1 aliphatic rings. The molecule has 0 bridgehead atoms. The van der Waals surface area contributed by atoms with Gasteiger partial charge in [-0.2, -0.15) is 0 Å². The third-order valence-corrected chi connectivity index (χ3v) is 4.21. The third kappa shape index (κ3) is 3.85. The fraction of sp³-hybridized carbons (Fsp3) is 0.316. The molecule has 1 aliphatic heterocycles. The number of benzene rings is 2. The largest absolute Gasteiger partial charge is 0.368 e. The molecule has 0 aliphatic carbocycles. The molecule has 3 rings (SSSR count). The number of anilines is 2. The van der Waals surface area contributed by atoms with E-state index >= 15 is 0 Å². The molecule has 1 fully saturated rings. The van der Waals surface area contributed by atoms with Crippen LogP contribution in [0.3, 0.4) is 0 Å². The van der Waals surface area contributed by atoms with Crippen LogP contribution in [0.25, 0.3) is 0 Å². The zero-order valence-electron chi connectivity index (χ0n) is 14.1. The fourth-order valence-electron chi connectivity index (χ4n) is 3.07. The highest BCUT2D eigenvalue weighted by molar-refractivity contribution is 5.89. The first-order valence-corrected chi connectivity index (χ1v) is 8.16. The lowest BCUT2D eigenvalue weighted by molar-refractivity contribution is 0.208. The maximum absolute atomic E-state index is 13.2. The summed E-state index contributed by atoms with van der Waals surface area (Å²) >= 11 is 0. The van der Waals surface area contributed by atoms with Crippen molar-refractivity contribution in [2.45, 2.75) is 13.8 Å². The van der Waals surface area contributed by atoms with Crippen molar-refractivity contribution in [1.29, 1.82) is 0 Å². The molecular weight excluding hydrogens is 305 g/mol. The average molecular weight is 327 g/mol. The molecule has 2 aromatic carbocycles. The normalized spacial score (nSPS) is 14.6. The number of urea groups is 1. The molecule has 1 N–H and O–H groups in total. The second-order valence-corrected chi connectivity index (χ2v) is 6.26. The Bertz CT molecular complexity index is 719. The summed E-state index contributed by atoms with van der Waals surface area (Å²) in [5.41, 5.74) is 4.18. The Kier molecular flexibility index (Phi) is 4.69. The van der Waals surface area contributed by atoms with Crippen LogP contribution >= 0.6 is 0 Å². The van der Waals surface area contributed by atoms with Crippen LogP contribution in [0.4, 0.5) is 20.6 Å². The number of halogens is 1. The smallest absolute Gasteiger partial charge is 0.321 e. The second-order valence-electron chi connectivity index (χ2n) is 6.26. The topological polar surface area (TPSA) is 35.6 Å². The van der Waals surface area contributed by atoms with Crippen molar-refractivity contribution in [2.24, 2.45) is 0 Å². The van der Waals surface area contributed by atoms with Gasteiger partial charge in [0.15, 0.2) is 0 Å². The zero-order valence-corrected chi connectivity index (χ0v) is 14.1. The number of hydrogen-bond acceptors (Lipinski definition) is 2. The quantitative estimate of drug-likeness (QED) is 0.911. The molecule has 126 valence electrons. The van der Waals surface area contributed by atoms with Gasteiger partial charge in [0, 0.05) is 37.6 Å². The minimum Gasteiger partial charge on any atom is -0.368 e. The molecule has 4 nitrogen and oxygen atoms in total. The molecule has 0 spiro atoms. The standard InChI is InChI=1S/C19H22FN3O/c1-14-10-15(2)12-18(11-14)22-6-8-23(9-7-22)19(24)21-17-5-3-4-16(20)13-17/h3-5,10-13H,6-9H2,1-2H3,(H,21,24). The summed E-state index contributed by atoms with van der Waals surface area (Å²) in [4.78, 5) is 16.4. The molecule has 24 heavy (non-hydrogen) atoms. The van der Waals surface area contributed by atoms with Gasteiger partial charge in [0.25, 0.3) is 0 Å². The predicted octanol–water partition coefficient (Wildman–Crippen LogP) is 3.80. The molecule has 2 aromatic rings. The van der Waals surface area contributed by atoms with Gasteiger partial charge in [0.1, 0.15) is 5.82 Å². The molecule has 1 saturated heterocycles. The summed E-state index contributed by atoms with van der Waals surface area (Å²) in [6.45, 7) is 7.07. The van der Waals surface area contributed by atoms with Crippen LogP contribution in [0.5, 0.6) is 0 Å². The number of carbonyl (C=O) groups is 1. The summed E-state index contributed by atoms with van der Waals surface area (Å²) in [5, 5.41) is 2.75. The SMILES string of the molecule is Cc1cc(C)cc(N2CCN(C(=O)Nc3cccc(F)c3)CC2)c1. The van der Waals surface area contributed by atoms with E-state index in [4.69, 9.17) is 0 Å². The minimum absolute atomic E-state index is 0.180. The lowest BCUT2D eigenvalue weighted by Crippen LogP contribution is -2.50. The van der Waals surface area contributed by atoms with E-state index in [-0.39, 0.29) is 11.8 Å². The van der Waals surface area contributed by atoms with Crippen LogP contribution in [-0.4, -0.2) is 37.1 Å². The summed E-state index contributed by atoms with van der Waals surface area (Å²) in [7, 11) is 0. The van der Waals surface area contributed by atoms with Gasteiger partial charge in [-0.1, -0.05) is 12.1 Å². The maximum atomic E-state index is 13.2. The molecule has 0 unspecified atom stereocenters. The Balaban J connectivity index is 1.59. The summed E-state index contributed by atoms with van der Waals surface area (Å²) < 4.78 is 13.2. The molecule has 0 radical (unpaired) electrons.